The van der Waals surface area contributed by atoms with Crippen molar-refractivity contribution in [2.75, 3.05) is 32.8 Å². The Balaban J connectivity index is 1.63. The Hall–Kier alpha value is -1.89. The second-order valence-electron chi connectivity index (χ2n) is 7.01. The van der Waals surface area contributed by atoms with E-state index in [0.29, 0.717) is 30.3 Å². The fourth-order valence-electron chi connectivity index (χ4n) is 3.36. The van der Waals surface area contributed by atoms with Gasteiger partial charge in [-0.25, -0.2) is 8.42 Å². The van der Waals surface area contributed by atoms with Crippen molar-refractivity contribution in [2.45, 2.75) is 32.2 Å². The minimum absolute atomic E-state index is 0.328. The van der Waals surface area contributed by atoms with E-state index in [4.69, 9.17) is 4.74 Å². The lowest BCUT2D eigenvalue weighted by Crippen LogP contribution is -2.48. The minimum Gasteiger partial charge on any atom is -0.494 e. The van der Waals surface area contributed by atoms with Gasteiger partial charge in [-0.15, -0.1) is 0 Å². The summed E-state index contributed by atoms with van der Waals surface area (Å²) in [5.41, 5.74) is 3.86. The summed E-state index contributed by atoms with van der Waals surface area (Å²) < 4.78 is 32.8. The van der Waals surface area contributed by atoms with E-state index in [1.807, 2.05) is 6.92 Å². The van der Waals surface area contributed by atoms with Gasteiger partial charge in [-0.1, -0.05) is 23.8 Å². The monoisotopic (exact) mass is 388 g/mol. The van der Waals surface area contributed by atoms with Crippen LogP contribution in [-0.4, -0.2) is 50.4 Å². The number of hydrogen-bond acceptors (Lipinski definition) is 4. The van der Waals surface area contributed by atoms with Gasteiger partial charge < -0.3 is 4.74 Å². The standard InChI is InChI=1S/C21H28N2O3S/c1-4-26-20-7-9-21(10-8-20)27(24,25)23-13-11-22(12-14-23)16-19-15-17(2)5-6-18(19)3/h5-10,15H,4,11-14,16H2,1-3H3. The van der Waals surface area contributed by atoms with Gasteiger partial charge in [0.05, 0.1) is 11.5 Å². The number of hydrogen-bond donors (Lipinski definition) is 0. The number of ether oxygens (including phenoxy) is 1. The van der Waals surface area contributed by atoms with Crippen LogP contribution in [0, 0.1) is 13.8 Å². The lowest BCUT2D eigenvalue weighted by atomic mass is 10.1. The van der Waals surface area contributed by atoms with Gasteiger partial charge in [0, 0.05) is 32.7 Å². The molecule has 2 aromatic carbocycles. The van der Waals surface area contributed by atoms with Gasteiger partial charge in [-0.3, -0.25) is 4.90 Å². The molecule has 1 fully saturated rings. The zero-order valence-electron chi connectivity index (χ0n) is 16.3. The summed E-state index contributed by atoms with van der Waals surface area (Å²) in [5, 5.41) is 0. The van der Waals surface area contributed by atoms with E-state index in [2.05, 4.69) is 36.9 Å². The van der Waals surface area contributed by atoms with E-state index in [9.17, 15) is 8.42 Å². The zero-order chi connectivity index (χ0) is 19.4. The summed E-state index contributed by atoms with van der Waals surface area (Å²) in [6.45, 7) is 10.1. The van der Waals surface area contributed by atoms with Crippen LogP contribution in [0.1, 0.15) is 23.6 Å². The Bertz CT molecular complexity index is 871. The molecule has 1 saturated heterocycles. The first-order chi connectivity index (χ1) is 12.9. The maximum atomic E-state index is 12.9. The Labute approximate surface area is 162 Å². The van der Waals surface area contributed by atoms with Crippen molar-refractivity contribution in [1.29, 1.82) is 0 Å². The third-order valence-corrected chi connectivity index (χ3v) is 6.92. The second kappa shape index (κ2) is 8.42. The van der Waals surface area contributed by atoms with Gasteiger partial charge >= 0.3 is 0 Å². The van der Waals surface area contributed by atoms with Gasteiger partial charge in [0.25, 0.3) is 0 Å². The lowest BCUT2D eigenvalue weighted by molar-refractivity contribution is 0.181. The van der Waals surface area contributed by atoms with Crippen molar-refractivity contribution in [3.8, 4) is 5.75 Å². The fourth-order valence-corrected chi connectivity index (χ4v) is 4.79. The summed E-state index contributed by atoms with van der Waals surface area (Å²) in [6, 6.07) is 13.2. The maximum absolute atomic E-state index is 12.9. The molecule has 0 atom stereocenters. The first-order valence-corrected chi connectivity index (χ1v) is 10.9. The van der Waals surface area contributed by atoms with Crippen molar-refractivity contribution >= 4 is 10.0 Å². The van der Waals surface area contributed by atoms with Crippen LogP contribution in [0.25, 0.3) is 0 Å². The molecule has 1 heterocycles. The molecule has 2 aromatic rings. The first kappa shape index (κ1) is 19.9. The topological polar surface area (TPSA) is 49.9 Å². The van der Waals surface area contributed by atoms with E-state index >= 15 is 0 Å². The van der Waals surface area contributed by atoms with Gasteiger partial charge in [-0.2, -0.15) is 4.31 Å². The van der Waals surface area contributed by atoms with E-state index < -0.39 is 10.0 Å². The van der Waals surface area contributed by atoms with Crippen LogP contribution in [0.15, 0.2) is 47.4 Å². The Morgan fingerprint density at radius 1 is 0.963 bits per heavy atom. The van der Waals surface area contributed by atoms with Gasteiger partial charge in [0.15, 0.2) is 0 Å². The van der Waals surface area contributed by atoms with Crippen LogP contribution in [-0.2, 0) is 16.6 Å². The summed E-state index contributed by atoms with van der Waals surface area (Å²) in [4.78, 5) is 2.65. The highest BCUT2D eigenvalue weighted by Crippen LogP contribution is 2.22. The molecule has 0 N–H and O–H groups in total. The van der Waals surface area contributed by atoms with Crippen molar-refractivity contribution < 1.29 is 13.2 Å². The van der Waals surface area contributed by atoms with Gasteiger partial charge in [0.2, 0.25) is 10.0 Å². The number of rotatable bonds is 6. The molecule has 0 aromatic heterocycles. The highest BCUT2D eigenvalue weighted by Gasteiger charge is 2.28. The zero-order valence-corrected chi connectivity index (χ0v) is 17.1. The molecule has 0 spiro atoms. The average molecular weight is 389 g/mol. The molecule has 6 heteroatoms. The quantitative estimate of drug-likeness (QED) is 0.762. The van der Waals surface area contributed by atoms with Crippen LogP contribution in [0.5, 0.6) is 5.75 Å². The first-order valence-electron chi connectivity index (χ1n) is 9.41. The second-order valence-corrected chi connectivity index (χ2v) is 8.95. The molecule has 27 heavy (non-hydrogen) atoms. The highest BCUT2D eigenvalue weighted by molar-refractivity contribution is 7.89. The molecular weight excluding hydrogens is 360 g/mol. The summed E-state index contributed by atoms with van der Waals surface area (Å²) in [5.74, 6) is 0.690. The Morgan fingerprint density at radius 2 is 1.63 bits per heavy atom. The predicted octanol–water partition coefficient (Wildman–Crippen LogP) is 3.21. The molecule has 1 aliphatic rings. The molecule has 3 rings (SSSR count). The molecule has 0 bridgehead atoms. The maximum Gasteiger partial charge on any atom is 0.243 e. The minimum atomic E-state index is -3.45. The van der Waals surface area contributed by atoms with Crippen LogP contribution in [0.2, 0.25) is 0 Å². The SMILES string of the molecule is CCOc1ccc(S(=O)(=O)N2CCN(Cc3cc(C)ccc3C)CC2)cc1. The van der Waals surface area contributed by atoms with Crippen LogP contribution < -0.4 is 4.74 Å². The molecular formula is C21H28N2O3S. The van der Waals surface area contributed by atoms with E-state index in [-0.39, 0.29) is 0 Å². The summed E-state index contributed by atoms with van der Waals surface area (Å²) in [7, 11) is -3.45. The lowest BCUT2D eigenvalue weighted by Gasteiger charge is -2.34. The third kappa shape index (κ3) is 4.69. The fraction of sp³-hybridized carbons (Fsp3) is 0.429. The molecule has 5 nitrogen and oxygen atoms in total. The third-order valence-electron chi connectivity index (χ3n) is 5.00. The van der Waals surface area contributed by atoms with Crippen LogP contribution in [0.4, 0.5) is 0 Å². The van der Waals surface area contributed by atoms with Gasteiger partial charge in [0.1, 0.15) is 5.75 Å². The Morgan fingerprint density at radius 3 is 2.26 bits per heavy atom. The van der Waals surface area contributed by atoms with Crippen molar-refractivity contribution in [3.05, 3.63) is 59.2 Å². The number of aryl methyl sites for hydroxylation is 2. The number of sulfonamides is 1. The number of benzene rings is 2. The molecule has 1 aliphatic heterocycles. The van der Waals surface area contributed by atoms with Crippen molar-refractivity contribution in [1.82, 2.24) is 9.21 Å². The van der Waals surface area contributed by atoms with Crippen molar-refractivity contribution in [2.24, 2.45) is 0 Å². The highest BCUT2D eigenvalue weighted by atomic mass is 32.2. The molecule has 0 aliphatic carbocycles. The number of piperazine rings is 1. The predicted molar refractivity (Wildman–Crippen MR) is 108 cm³/mol. The van der Waals surface area contributed by atoms with E-state index in [1.165, 1.54) is 16.7 Å². The molecule has 0 unspecified atom stereocenters. The normalized spacial score (nSPS) is 16.4. The summed E-state index contributed by atoms with van der Waals surface area (Å²) in [6.07, 6.45) is 0. The van der Waals surface area contributed by atoms with E-state index in [0.717, 1.165) is 19.6 Å². The van der Waals surface area contributed by atoms with Crippen LogP contribution in [0.3, 0.4) is 0 Å². The molecule has 146 valence electrons. The molecule has 0 amide bonds. The number of nitrogens with zero attached hydrogens (tertiary/aromatic N) is 2. The molecule has 0 saturated carbocycles. The smallest absolute Gasteiger partial charge is 0.243 e. The summed E-state index contributed by atoms with van der Waals surface area (Å²) >= 11 is 0. The largest absolute Gasteiger partial charge is 0.494 e. The van der Waals surface area contributed by atoms with Crippen molar-refractivity contribution in [3.63, 3.8) is 0 Å². The molecule has 0 radical (unpaired) electrons. The average Bonchev–Trinajstić information content (AvgIpc) is 2.66. The van der Waals surface area contributed by atoms with Crippen LogP contribution >= 0.6 is 0 Å². The van der Waals surface area contributed by atoms with Gasteiger partial charge in [-0.05, 0) is 56.2 Å². The van der Waals surface area contributed by atoms with E-state index in [1.54, 1.807) is 28.6 Å². The Kier molecular flexibility index (Phi) is 6.19.